The lowest BCUT2D eigenvalue weighted by Gasteiger charge is -2.36. The quantitative estimate of drug-likeness (QED) is 0.637. The maximum Gasteiger partial charge on any atom is 0.270 e. The summed E-state index contributed by atoms with van der Waals surface area (Å²) >= 11 is 0. The number of aryl methyl sites for hydroxylation is 2. The van der Waals surface area contributed by atoms with Crippen molar-refractivity contribution in [2.45, 2.75) is 25.6 Å². The van der Waals surface area contributed by atoms with Crippen molar-refractivity contribution in [3.63, 3.8) is 0 Å². The number of ether oxygens (including phenoxy) is 1. The number of rotatable bonds is 3. The summed E-state index contributed by atoms with van der Waals surface area (Å²) in [6.45, 7) is 9.81. The first kappa shape index (κ1) is 18.9. The number of hydrogen-bond donors (Lipinski definition) is 0. The standard InChI is InChI=1S/C22H21FN4O2/c1-14-5-4-6-15(11-14)29-19-9-10-27(13-16(19)23)18-12-21(28)26(3)17-7-8-20(24-2)25-22(17)18/h4-8,11-12,16,19H,9-10,13H2,1,3H3/t16?,19-/m1/s1. The first-order valence-electron chi connectivity index (χ1n) is 9.47. The molecule has 0 N–H and O–H groups in total. The number of piperidine rings is 1. The van der Waals surface area contributed by atoms with E-state index >= 15 is 0 Å². The number of nitrogens with zero attached hydrogens (tertiary/aromatic N) is 4. The molecule has 148 valence electrons. The van der Waals surface area contributed by atoms with E-state index < -0.39 is 12.3 Å². The minimum atomic E-state index is -1.22. The van der Waals surface area contributed by atoms with Gasteiger partial charge in [-0.3, -0.25) is 4.79 Å². The molecule has 4 rings (SSSR count). The van der Waals surface area contributed by atoms with Gasteiger partial charge in [0.1, 0.15) is 11.9 Å². The second-order valence-corrected chi connectivity index (χ2v) is 7.30. The molecule has 29 heavy (non-hydrogen) atoms. The predicted molar refractivity (Wildman–Crippen MR) is 111 cm³/mol. The molecule has 6 nitrogen and oxygen atoms in total. The summed E-state index contributed by atoms with van der Waals surface area (Å²) in [7, 11) is 1.66. The summed E-state index contributed by atoms with van der Waals surface area (Å²) < 4.78 is 22.3. The molecule has 0 radical (unpaired) electrons. The van der Waals surface area contributed by atoms with Gasteiger partial charge in [0, 0.05) is 26.1 Å². The number of halogens is 1. The molecule has 0 saturated carbocycles. The monoisotopic (exact) mass is 392 g/mol. The van der Waals surface area contributed by atoms with Gasteiger partial charge in [0.05, 0.1) is 17.7 Å². The zero-order valence-corrected chi connectivity index (χ0v) is 16.3. The number of pyridine rings is 2. The van der Waals surface area contributed by atoms with E-state index in [-0.39, 0.29) is 17.9 Å². The SMILES string of the molecule is [C-]#[N+]c1ccc2c(n1)c(N1CC[C@@H](Oc3cccc(C)c3)C(F)C1)cc(=O)n2C. The largest absolute Gasteiger partial charge is 0.487 e. The molecule has 3 aromatic rings. The maximum absolute atomic E-state index is 15.0. The molecule has 0 bridgehead atoms. The third kappa shape index (κ3) is 3.66. The van der Waals surface area contributed by atoms with E-state index in [1.807, 2.05) is 36.1 Å². The summed E-state index contributed by atoms with van der Waals surface area (Å²) in [5, 5.41) is 0. The van der Waals surface area contributed by atoms with Crippen molar-refractivity contribution in [3.8, 4) is 5.75 Å². The first-order valence-corrected chi connectivity index (χ1v) is 9.47. The fourth-order valence-corrected chi connectivity index (χ4v) is 3.70. The van der Waals surface area contributed by atoms with Crippen LogP contribution in [0.5, 0.6) is 5.75 Å². The van der Waals surface area contributed by atoms with E-state index in [0.29, 0.717) is 35.4 Å². The number of anilines is 1. The second kappa shape index (κ2) is 7.55. The van der Waals surface area contributed by atoms with Crippen molar-refractivity contribution >= 4 is 22.5 Å². The second-order valence-electron chi connectivity index (χ2n) is 7.30. The van der Waals surface area contributed by atoms with Crippen LogP contribution in [-0.2, 0) is 7.05 Å². The van der Waals surface area contributed by atoms with Crippen molar-refractivity contribution < 1.29 is 9.13 Å². The van der Waals surface area contributed by atoms with Crippen LogP contribution in [0, 0.1) is 13.5 Å². The Balaban J connectivity index is 1.62. The van der Waals surface area contributed by atoms with Crippen LogP contribution in [0.2, 0.25) is 0 Å². The summed E-state index contributed by atoms with van der Waals surface area (Å²) in [5.41, 5.74) is 2.58. The van der Waals surface area contributed by atoms with Gasteiger partial charge in [0.15, 0.2) is 6.17 Å². The van der Waals surface area contributed by atoms with Crippen LogP contribution in [0.1, 0.15) is 12.0 Å². The van der Waals surface area contributed by atoms with Crippen molar-refractivity contribution in [2.75, 3.05) is 18.0 Å². The van der Waals surface area contributed by atoms with E-state index in [4.69, 9.17) is 11.3 Å². The fraction of sp³-hybridized carbons (Fsp3) is 0.318. The molecule has 1 aliphatic heterocycles. The molecular formula is C22H21FN4O2. The third-order valence-corrected chi connectivity index (χ3v) is 5.27. The van der Waals surface area contributed by atoms with Gasteiger partial charge in [-0.05, 0) is 36.8 Å². The average molecular weight is 392 g/mol. The Bertz CT molecular complexity index is 1170. The first-order chi connectivity index (χ1) is 14.0. The van der Waals surface area contributed by atoms with Crippen LogP contribution in [0.4, 0.5) is 15.9 Å². The van der Waals surface area contributed by atoms with Crippen molar-refractivity contribution in [3.05, 3.63) is 69.8 Å². The summed E-state index contributed by atoms with van der Waals surface area (Å²) in [4.78, 5) is 22.0. The Labute approximate surface area is 168 Å². The van der Waals surface area contributed by atoms with E-state index in [1.54, 1.807) is 19.2 Å². The molecule has 1 saturated heterocycles. The number of fused-ring (bicyclic) bond motifs is 1. The van der Waals surface area contributed by atoms with E-state index in [1.165, 1.54) is 10.6 Å². The Morgan fingerprint density at radius 3 is 2.83 bits per heavy atom. The van der Waals surface area contributed by atoms with Gasteiger partial charge in [-0.2, -0.15) is 0 Å². The molecule has 0 amide bonds. The van der Waals surface area contributed by atoms with Crippen LogP contribution in [0.3, 0.4) is 0 Å². The average Bonchev–Trinajstić information content (AvgIpc) is 2.72. The van der Waals surface area contributed by atoms with Crippen LogP contribution in [0.15, 0.2) is 47.3 Å². The number of aromatic nitrogens is 2. The van der Waals surface area contributed by atoms with Crippen molar-refractivity contribution in [1.82, 2.24) is 9.55 Å². The van der Waals surface area contributed by atoms with E-state index in [9.17, 15) is 9.18 Å². The molecule has 1 aromatic carbocycles. The highest BCUT2D eigenvalue weighted by atomic mass is 19.1. The van der Waals surface area contributed by atoms with Gasteiger partial charge in [0.2, 0.25) is 5.52 Å². The lowest BCUT2D eigenvalue weighted by atomic mass is 10.0. The molecule has 1 fully saturated rings. The highest BCUT2D eigenvalue weighted by Crippen LogP contribution is 2.30. The maximum atomic E-state index is 15.0. The van der Waals surface area contributed by atoms with E-state index in [0.717, 1.165) is 5.56 Å². The van der Waals surface area contributed by atoms with Gasteiger partial charge in [0.25, 0.3) is 11.4 Å². The number of hydrogen-bond acceptors (Lipinski definition) is 4. The smallest absolute Gasteiger partial charge is 0.270 e. The molecule has 1 unspecified atom stereocenters. The highest BCUT2D eigenvalue weighted by Gasteiger charge is 2.32. The zero-order valence-electron chi connectivity index (χ0n) is 16.3. The van der Waals surface area contributed by atoms with Gasteiger partial charge in [-0.15, -0.1) is 4.98 Å². The van der Waals surface area contributed by atoms with Crippen molar-refractivity contribution in [1.29, 1.82) is 0 Å². The molecule has 1 aliphatic rings. The minimum absolute atomic E-state index is 0.0999. The predicted octanol–water partition coefficient (Wildman–Crippen LogP) is 3.79. The lowest BCUT2D eigenvalue weighted by Crippen LogP contribution is -2.47. The normalized spacial score (nSPS) is 19.2. The Morgan fingerprint density at radius 1 is 1.28 bits per heavy atom. The Hall–Kier alpha value is -3.40. The van der Waals surface area contributed by atoms with Crippen LogP contribution in [-0.4, -0.2) is 34.9 Å². The molecule has 2 atom stereocenters. The number of alkyl halides is 1. The fourth-order valence-electron chi connectivity index (χ4n) is 3.70. The molecule has 3 heterocycles. The summed E-state index contributed by atoms with van der Waals surface area (Å²) in [6, 6.07) is 12.3. The van der Waals surface area contributed by atoms with Crippen LogP contribution < -0.4 is 15.2 Å². The van der Waals surface area contributed by atoms with Crippen LogP contribution >= 0.6 is 0 Å². The lowest BCUT2D eigenvalue weighted by molar-refractivity contribution is 0.0821. The Morgan fingerprint density at radius 2 is 2.10 bits per heavy atom. The summed E-state index contributed by atoms with van der Waals surface area (Å²) in [5.74, 6) is 0.903. The number of benzene rings is 1. The van der Waals surface area contributed by atoms with Gasteiger partial charge < -0.3 is 19.0 Å². The molecule has 7 heteroatoms. The van der Waals surface area contributed by atoms with Gasteiger partial charge in [-0.1, -0.05) is 18.7 Å². The zero-order chi connectivity index (χ0) is 20.5. The van der Waals surface area contributed by atoms with Crippen LogP contribution in [0.25, 0.3) is 15.9 Å². The minimum Gasteiger partial charge on any atom is -0.487 e. The Kier molecular flexibility index (Phi) is 4.93. The molecule has 2 aromatic heterocycles. The molecule has 0 spiro atoms. The molecule has 0 aliphatic carbocycles. The third-order valence-electron chi connectivity index (χ3n) is 5.27. The van der Waals surface area contributed by atoms with Crippen molar-refractivity contribution in [2.24, 2.45) is 7.05 Å². The van der Waals surface area contributed by atoms with E-state index in [2.05, 4.69) is 9.83 Å². The van der Waals surface area contributed by atoms with Gasteiger partial charge in [-0.25, -0.2) is 4.39 Å². The summed E-state index contributed by atoms with van der Waals surface area (Å²) in [6.07, 6.45) is -1.28. The van der Waals surface area contributed by atoms with Gasteiger partial charge >= 0.3 is 0 Å². The molecular weight excluding hydrogens is 371 g/mol. The highest BCUT2D eigenvalue weighted by molar-refractivity contribution is 5.89. The topological polar surface area (TPSA) is 51.7 Å².